The SMILES string of the molecule is Cc1ccc(C(=O)NC2CC2)cc1-c1cn[nH]c1-c1cncc(N(CC2C3COCC32)C2CCNCC2)c1. The monoisotopic (exact) mass is 512 g/mol. The molecular weight excluding hydrogens is 476 g/mol. The molecule has 2 aliphatic heterocycles. The number of ether oxygens (including phenoxy) is 1. The average Bonchev–Trinajstić information content (AvgIpc) is 3.74. The smallest absolute Gasteiger partial charge is 0.251 e. The highest BCUT2D eigenvalue weighted by atomic mass is 16.5. The van der Waals surface area contributed by atoms with E-state index in [-0.39, 0.29) is 5.91 Å². The number of fused-ring (bicyclic) bond motifs is 1. The van der Waals surface area contributed by atoms with E-state index in [1.165, 1.54) is 5.69 Å². The van der Waals surface area contributed by atoms with Crippen molar-refractivity contribution in [3.63, 3.8) is 0 Å². The Bertz CT molecular complexity index is 1320. The zero-order valence-electron chi connectivity index (χ0n) is 22.0. The Balaban J connectivity index is 1.19. The molecule has 38 heavy (non-hydrogen) atoms. The van der Waals surface area contributed by atoms with Crippen LogP contribution in [0.4, 0.5) is 5.69 Å². The number of nitrogens with zero attached hydrogens (tertiary/aromatic N) is 3. The number of pyridine rings is 1. The molecule has 4 fully saturated rings. The number of rotatable bonds is 8. The van der Waals surface area contributed by atoms with Crippen LogP contribution in [-0.2, 0) is 4.74 Å². The molecule has 8 nitrogen and oxygen atoms in total. The Kier molecular flexibility index (Phi) is 6.16. The first-order valence-electron chi connectivity index (χ1n) is 14.1. The number of nitrogens with one attached hydrogen (secondary N) is 3. The Labute approximate surface area is 223 Å². The fourth-order valence-corrected chi connectivity index (χ4v) is 6.42. The van der Waals surface area contributed by atoms with Crippen molar-refractivity contribution in [2.24, 2.45) is 17.8 Å². The summed E-state index contributed by atoms with van der Waals surface area (Å²) >= 11 is 0. The number of anilines is 1. The third-order valence-corrected chi connectivity index (χ3v) is 8.97. The molecule has 3 N–H and O–H groups in total. The number of carbonyl (C=O) groups excluding carboxylic acids is 1. The zero-order chi connectivity index (χ0) is 25.6. The Morgan fingerprint density at radius 3 is 2.66 bits per heavy atom. The molecule has 2 saturated heterocycles. The van der Waals surface area contributed by atoms with Crippen molar-refractivity contribution in [3.05, 3.63) is 54.0 Å². The van der Waals surface area contributed by atoms with Gasteiger partial charge in [-0.15, -0.1) is 0 Å². The Morgan fingerprint density at radius 2 is 1.87 bits per heavy atom. The molecule has 4 heterocycles. The standard InChI is InChI=1S/C30H36N6O2/c1-18-2-3-19(30(37)34-21-4-5-21)11-24(18)25-14-33-35-29(25)20-10-23(13-32-12-20)36(22-6-8-31-9-7-22)15-26-27-16-38-17-28(26)27/h2-3,10-14,21-22,26-28,31H,4-9,15-17H2,1H3,(H,33,35)(H,34,37). The van der Waals surface area contributed by atoms with Gasteiger partial charge in [0.1, 0.15) is 0 Å². The molecule has 1 amide bonds. The number of benzene rings is 1. The molecule has 0 spiro atoms. The van der Waals surface area contributed by atoms with E-state index >= 15 is 0 Å². The molecule has 0 radical (unpaired) electrons. The van der Waals surface area contributed by atoms with Gasteiger partial charge in [0.05, 0.1) is 37.0 Å². The van der Waals surface area contributed by atoms with Gasteiger partial charge in [-0.2, -0.15) is 5.10 Å². The average molecular weight is 513 g/mol. The lowest BCUT2D eigenvalue weighted by Crippen LogP contribution is -2.44. The summed E-state index contributed by atoms with van der Waals surface area (Å²) < 4.78 is 5.67. The maximum atomic E-state index is 12.8. The molecule has 2 unspecified atom stereocenters. The second-order valence-electron chi connectivity index (χ2n) is 11.5. The Hall–Kier alpha value is -3.23. The molecule has 2 saturated carbocycles. The Morgan fingerprint density at radius 1 is 1.05 bits per heavy atom. The van der Waals surface area contributed by atoms with E-state index in [4.69, 9.17) is 9.72 Å². The highest BCUT2D eigenvalue weighted by Crippen LogP contribution is 2.51. The summed E-state index contributed by atoms with van der Waals surface area (Å²) in [6.45, 7) is 7.11. The number of hydrogen-bond donors (Lipinski definition) is 3. The van der Waals surface area contributed by atoms with Gasteiger partial charge in [0.15, 0.2) is 0 Å². The van der Waals surface area contributed by atoms with Crippen LogP contribution in [0.2, 0.25) is 0 Å². The summed E-state index contributed by atoms with van der Waals surface area (Å²) in [7, 11) is 0. The largest absolute Gasteiger partial charge is 0.381 e. The molecule has 0 bridgehead atoms. The molecule has 3 aromatic rings. The summed E-state index contributed by atoms with van der Waals surface area (Å²) in [5, 5.41) is 14.3. The number of hydrogen-bond acceptors (Lipinski definition) is 6. The fraction of sp³-hybridized carbons (Fsp3) is 0.500. The van der Waals surface area contributed by atoms with Gasteiger partial charge in [0, 0.05) is 41.5 Å². The highest BCUT2D eigenvalue weighted by Gasteiger charge is 2.54. The maximum Gasteiger partial charge on any atom is 0.251 e. The molecule has 2 aliphatic carbocycles. The summed E-state index contributed by atoms with van der Waals surface area (Å²) in [5.41, 5.74) is 6.93. The number of H-pyrrole nitrogens is 1. The minimum absolute atomic E-state index is 0.00434. The van der Waals surface area contributed by atoms with Crippen molar-refractivity contribution < 1.29 is 9.53 Å². The molecule has 2 atom stereocenters. The minimum atomic E-state index is -0.00434. The third kappa shape index (κ3) is 4.60. The summed E-state index contributed by atoms with van der Waals surface area (Å²) in [6.07, 6.45) is 10.2. The molecular formula is C30H36N6O2. The number of carbonyl (C=O) groups is 1. The summed E-state index contributed by atoms with van der Waals surface area (Å²) in [5.74, 6) is 2.16. The molecule has 2 aromatic heterocycles. The van der Waals surface area contributed by atoms with Gasteiger partial charge in [-0.25, -0.2) is 0 Å². The van der Waals surface area contributed by atoms with Gasteiger partial charge in [-0.3, -0.25) is 14.9 Å². The van der Waals surface area contributed by atoms with E-state index in [1.54, 1.807) is 0 Å². The molecule has 1 aromatic carbocycles. The van der Waals surface area contributed by atoms with E-state index in [9.17, 15) is 4.79 Å². The van der Waals surface area contributed by atoms with Crippen molar-refractivity contribution in [2.45, 2.75) is 44.7 Å². The topological polar surface area (TPSA) is 95.2 Å². The minimum Gasteiger partial charge on any atom is -0.381 e. The number of aromatic nitrogens is 3. The second kappa shape index (κ2) is 9.82. The predicted octanol–water partition coefficient (Wildman–Crippen LogP) is 3.79. The second-order valence-corrected chi connectivity index (χ2v) is 11.5. The molecule has 4 aliphatic rings. The lowest BCUT2D eigenvalue weighted by molar-refractivity contribution is 0.0951. The van der Waals surface area contributed by atoms with Crippen LogP contribution in [0.15, 0.2) is 42.9 Å². The van der Waals surface area contributed by atoms with Crippen molar-refractivity contribution in [2.75, 3.05) is 37.7 Å². The lowest BCUT2D eigenvalue weighted by Gasteiger charge is -2.37. The van der Waals surface area contributed by atoms with Gasteiger partial charge in [-0.05, 0) is 92.8 Å². The number of piperidine rings is 1. The van der Waals surface area contributed by atoms with Gasteiger partial charge in [-0.1, -0.05) is 6.07 Å². The van der Waals surface area contributed by atoms with Crippen molar-refractivity contribution in [3.8, 4) is 22.4 Å². The van der Waals surface area contributed by atoms with E-state index in [0.29, 0.717) is 17.6 Å². The van der Waals surface area contributed by atoms with Gasteiger partial charge < -0.3 is 20.3 Å². The van der Waals surface area contributed by atoms with Crippen molar-refractivity contribution >= 4 is 11.6 Å². The first-order chi connectivity index (χ1) is 18.7. The van der Waals surface area contributed by atoms with Gasteiger partial charge in [0.25, 0.3) is 5.91 Å². The van der Waals surface area contributed by atoms with Gasteiger partial charge >= 0.3 is 0 Å². The normalized spacial score (nSPS) is 24.7. The predicted molar refractivity (Wildman–Crippen MR) is 147 cm³/mol. The molecule has 7 rings (SSSR count). The van der Waals surface area contributed by atoms with Crippen LogP contribution < -0.4 is 15.5 Å². The maximum absolute atomic E-state index is 12.8. The van der Waals surface area contributed by atoms with E-state index in [1.807, 2.05) is 36.8 Å². The van der Waals surface area contributed by atoms with E-state index < -0.39 is 0 Å². The van der Waals surface area contributed by atoms with E-state index in [2.05, 4.69) is 38.7 Å². The van der Waals surface area contributed by atoms with Crippen molar-refractivity contribution in [1.82, 2.24) is 25.8 Å². The number of aryl methyl sites for hydroxylation is 1. The molecule has 8 heteroatoms. The van der Waals surface area contributed by atoms with Crippen molar-refractivity contribution in [1.29, 1.82) is 0 Å². The van der Waals surface area contributed by atoms with Crippen LogP contribution in [0.5, 0.6) is 0 Å². The number of amides is 1. The van der Waals surface area contributed by atoms with Crippen LogP contribution >= 0.6 is 0 Å². The summed E-state index contributed by atoms with van der Waals surface area (Å²) in [6, 6.07) is 9.04. The van der Waals surface area contributed by atoms with E-state index in [0.717, 1.165) is 104 Å². The zero-order valence-corrected chi connectivity index (χ0v) is 22.0. The van der Waals surface area contributed by atoms with Crippen LogP contribution in [-0.4, -0.2) is 66.0 Å². The number of aromatic amines is 1. The summed E-state index contributed by atoms with van der Waals surface area (Å²) in [4.78, 5) is 20.1. The first kappa shape index (κ1) is 23.9. The fourth-order valence-electron chi connectivity index (χ4n) is 6.42. The first-order valence-corrected chi connectivity index (χ1v) is 14.1. The van der Waals surface area contributed by atoms with Crippen LogP contribution in [0, 0.1) is 24.7 Å². The highest BCUT2D eigenvalue weighted by molar-refractivity contribution is 5.97. The van der Waals surface area contributed by atoms with Gasteiger partial charge in [0.2, 0.25) is 0 Å². The molecule has 198 valence electrons. The lowest BCUT2D eigenvalue weighted by atomic mass is 9.96. The quantitative estimate of drug-likeness (QED) is 0.425. The van der Waals surface area contributed by atoms with Crippen LogP contribution in [0.3, 0.4) is 0 Å². The third-order valence-electron chi connectivity index (χ3n) is 8.97. The van der Waals surface area contributed by atoms with Crippen LogP contribution in [0.25, 0.3) is 22.4 Å². The van der Waals surface area contributed by atoms with Crippen LogP contribution in [0.1, 0.15) is 41.6 Å².